The van der Waals surface area contributed by atoms with Crippen molar-refractivity contribution >= 4 is 45.2 Å². The maximum atomic E-state index is 14.4. The number of carbonyl (C=O) groups excluding carboxylic acids is 5. The molecule has 16 nitrogen and oxygen atoms in total. The quantitative estimate of drug-likeness (QED) is 0.112. The van der Waals surface area contributed by atoms with Gasteiger partial charge in [-0.25, -0.2) is 8.42 Å². The van der Waals surface area contributed by atoms with Gasteiger partial charge in [0.05, 0.1) is 48.4 Å². The first-order chi connectivity index (χ1) is 30.6. The van der Waals surface area contributed by atoms with Crippen molar-refractivity contribution in [2.45, 2.75) is 129 Å². The summed E-state index contributed by atoms with van der Waals surface area (Å²) >= 11 is 0. The van der Waals surface area contributed by atoms with Crippen LogP contribution in [-0.4, -0.2) is 144 Å². The summed E-state index contributed by atoms with van der Waals surface area (Å²) in [5.74, 6) is -3.76. The fourth-order valence-electron chi connectivity index (χ4n) is 9.02. The van der Waals surface area contributed by atoms with Crippen LogP contribution >= 0.6 is 0 Å². The number of sulfonamides is 1. The number of rotatable bonds is 25. The molecular formula is C48H77N7O9S. The van der Waals surface area contributed by atoms with Crippen LogP contribution in [0, 0.1) is 23.7 Å². The smallest absolute Gasteiger partial charge is 0.256 e. The molecule has 1 heterocycles. The molecule has 0 spiro atoms. The molecule has 2 unspecified atom stereocenters. The van der Waals surface area contributed by atoms with Gasteiger partial charge in [0.1, 0.15) is 12.1 Å². The molecular weight excluding hydrogens is 851 g/mol. The highest BCUT2D eigenvalue weighted by atomic mass is 32.2. The normalized spacial score (nSPS) is 18.0. The van der Waals surface area contributed by atoms with E-state index >= 15 is 0 Å². The molecule has 2 aromatic rings. The van der Waals surface area contributed by atoms with Crippen molar-refractivity contribution in [2.75, 3.05) is 54.3 Å². The fraction of sp³-hybridized carbons (Fsp3) is 0.646. The number of methoxy groups -OCH3 is 2. The molecule has 4 N–H and O–H groups in total. The Morgan fingerprint density at radius 2 is 1.45 bits per heavy atom. The van der Waals surface area contributed by atoms with E-state index in [9.17, 15) is 32.4 Å². The van der Waals surface area contributed by atoms with E-state index in [1.807, 2.05) is 66.6 Å². The third kappa shape index (κ3) is 15.2. The Morgan fingerprint density at radius 3 is 1.97 bits per heavy atom. The lowest BCUT2D eigenvalue weighted by Crippen LogP contribution is -2.59. The average Bonchev–Trinajstić information content (AvgIpc) is 3.74. The van der Waals surface area contributed by atoms with Crippen LogP contribution in [0.3, 0.4) is 0 Å². The van der Waals surface area contributed by atoms with Crippen LogP contribution in [0.15, 0.2) is 54.6 Å². The lowest BCUT2D eigenvalue weighted by atomic mass is 9.89. The number of likely N-dealkylation sites (tertiary alicyclic amines) is 1. The molecule has 65 heavy (non-hydrogen) atoms. The summed E-state index contributed by atoms with van der Waals surface area (Å²) in [6.45, 7) is 13.8. The molecule has 2 aromatic carbocycles. The largest absolute Gasteiger partial charge is 0.388 e. The summed E-state index contributed by atoms with van der Waals surface area (Å²) in [5.41, 5.74) is 1.99. The highest BCUT2D eigenvalue weighted by Crippen LogP contribution is 2.30. The maximum absolute atomic E-state index is 14.4. The number of nitrogens with one attached hydrogen (secondary N) is 4. The minimum atomic E-state index is -4.15. The van der Waals surface area contributed by atoms with Crippen LogP contribution in [0.5, 0.6) is 0 Å². The number of amides is 5. The number of likely N-dealkylation sites (N-methyl/N-ethyl adjacent to an activating group) is 2. The van der Waals surface area contributed by atoms with Crippen LogP contribution in [-0.2, 0) is 55.6 Å². The Labute approximate surface area is 388 Å². The Balaban J connectivity index is 1.82. The Bertz CT molecular complexity index is 1960. The van der Waals surface area contributed by atoms with Crippen molar-refractivity contribution in [1.82, 2.24) is 30.1 Å². The van der Waals surface area contributed by atoms with Crippen LogP contribution in [0.2, 0.25) is 0 Å². The van der Waals surface area contributed by atoms with Gasteiger partial charge >= 0.3 is 0 Å². The molecule has 17 heteroatoms. The summed E-state index contributed by atoms with van der Waals surface area (Å²) in [6, 6.07) is 12.2. The molecule has 0 aromatic heterocycles. The molecule has 1 saturated heterocycles. The zero-order valence-corrected chi connectivity index (χ0v) is 41.7. The molecule has 1 aliphatic rings. The van der Waals surface area contributed by atoms with Crippen molar-refractivity contribution in [1.29, 1.82) is 0 Å². The topological polar surface area (TPSA) is 196 Å². The van der Waals surface area contributed by atoms with E-state index in [4.69, 9.17) is 9.47 Å². The zero-order valence-electron chi connectivity index (χ0n) is 40.9. The van der Waals surface area contributed by atoms with Crippen LogP contribution in [0.1, 0.15) is 85.3 Å². The van der Waals surface area contributed by atoms with Crippen LogP contribution < -0.4 is 20.7 Å². The average molecular weight is 928 g/mol. The summed E-state index contributed by atoms with van der Waals surface area (Å²) in [7, 11) is 5.99. The van der Waals surface area contributed by atoms with Crippen molar-refractivity contribution < 1.29 is 41.9 Å². The second-order valence-electron chi connectivity index (χ2n) is 18.4. The van der Waals surface area contributed by atoms with Crippen molar-refractivity contribution in [3.8, 4) is 0 Å². The van der Waals surface area contributed by atoms with Gasteiger partial charge in [-0.1, -0.05) is 97.4 Å². The second-order valence-corrected chi connectivity index (χ2v) is 20.1. The molecule has 0 radical (unpaired) electrons. The molecule has 364 valence electrons. The number of hydrogen-bond acceptors (Lipinski definition) is 11. The molecule has 0 saturated carbocycles. The fourth-order valence-corrected chi connectivity index (χ4v) is 10.2. The molecule has 9 atom stereocenters. The maximum Gasteiger partial charge on any atom is 0.256 e. The Hall–Kier alpha value is -4.58. The summed E-state index contributed by atoms with van der Waals surface area (Å²) in [6.07, 6.45) is 0.375. The van der Waals surface area contributed by atoms with Gasteiger partial charge in [-0.05, 0) is 68.0 Å². The summed E-state index contributed by atoms with van der Waals surface area (Å²) < 4.78 is 40.7. The van der Waals surface area contributed by atoms with E-state index in [1.165, 1.54) is 14.2 Å². The van der Waals surface area contributed by atoms with Crippen LogP contribution in [0.25, 0.3) is 0 Å². The third-order valence-electron chi connectivity index (χ3n) is 12.7. The Morgan fingerprint density at radius 1 is 0.815 bits per heavy atom. The van der Waals surface area contributed by atoms with Gasteiger partial charge in [0.25, 0.3) is 5.91 Å². The van der Waals surface area contributed by atoms with Gasteiger partial charge in [-0.3, -0.25) is 33.6 Å². The number of anilines is 1. The van der Waals surface area contributed by atoms with Gasteiger partial charge in [0.2, 0.25) is 33.7 Å². The minimum Gasteiger partial charge on any atom is -0.388 e. The highest BCUT2D eigenvalue weighted by molar-refractivity contribution is 7.89. The van der Waals surface area contributed by atoms with E-state index in [0.717, 1.165) is 5.69 Å². The molecule has 1 aliphatic heterocycles. The molecule has 5 amide bonds. The van der Waals surface area contributed by atoms with Gasteiger partial charge in [0.15, 0.2) is 0 Å². The Kier molecular flexibility index (Phi) is 21.4. The number of hydrogen-bond donors (Lipinski definition) is 4. The number of benzene rings is 2. The van der Waals surface area contributed by atoms with Gasteiger partial charge < -0.3 is 35.2 Å². The number of ether oxygens (including phenoxy) is 2. The van der Waals surface area contributed by atoms with E-state index < -0.39 is 75.9 Å². The zero-order chi connectivity index (χ0) is 48.8. The minimum absolute atomic E-state index is 0.0133. The standard InChI is InChI=1S/C48H77N7O9S/c1-14-32(6)43(54(11)48(60)41(30(2)3)51-47(59)42(31(4)5)53(9)10)39(63-12)28-40(56)55-26-18-21-38(55)44(64-13)33(7)45(57)50-37(27-34-19-16-15-17-20-34)46(58)52-65(61,62)29-35-22-24-36(49-8)25-23-35/h15-17,19-20,22-25,30-33,37-39,41-44,49H,14,18,21,26-29H2,1-13H3,(H,50,57)(H,51,59)(H,52,58)/t32-,33+,37-,38-,39+,41-,42?,43?,44+/m0/s1. The lowest BCUT2D eigenvalue weighted by molar-refractivity contribution is -0.148. The first-order valence-electron chi connectivity index (χ1n) is 22.8. The number of nitrogens with zero attached hydrogens (tertiary/aromatic N) is 3. The SMILES string of the molecule is CC[C@H](C)C([C@@H](CC(=O)N1CCC[C@H]1[C@H](OC)[C@@H](C)C(=O)N[C@@H](Cc1ccccc1)C(=O)NS(=O)(=O)Cc1ccc(NC)cc1)OC)N(C)C(=O)[C@@H](NC(=O)C(C(C)C)N(C)C)C(C)C. The lowest BCUT2D eigenvalue weighted by Gasteiger charge is -2.41. The first-order valence-corrected chi connectivity index (χ1v) is 24.5. The van der Waals surface area contributed by atoms with E-state index in [0.29, 0.717) is 36.9 Å². The second kappa shape index (κ2) is 25.4. The van der Waals surface area contributed by atoms with Crippen molar-refractivity contribution in [3.63, 3.8) is 0 Å². The molecule has 1 fully saturated rings. The van der Waals surface area contributed by atoms with Gasteiger partial charge in [-0.15, -0.1) is 0 Å². The molecule has 0 aliphatic carbocycles. The van der Waals surface area contributed by atoms with Gasteiger partial charge in [0, 0.05) is 47.0 Å². The summed E-state index contributed by atoms with van der Waals surface area (Å²) in [5, 5.41) is 8.80. The predicted molar refractivity (Wildman–Crippen MR) is 254 cm³/mol. The van der Waals surface area contributed by atoms with E-state index in [-0.39, 0.29) is 48.3 Å². The van der Waals surface area contributed by atoms with Crippen molar-refractivity contribution in [2.24, 2.45) is 23.7 Å². The predicted octanol–water partition coefficient (Wildman–Crippen LogP) is 4.05. The summed E-state index contributed by atoms with van der Waals surface area (Å²) in [4.78, 5) is 75.3. The first kappa shape index (κ1) is 54.8. The van der Waals surface area contributed by atoms with Crippen molar-refractivity contribution in [3.05, 3.63) is 65.7 Å². The van der Waals surface area contributed by atoms with Crippen LogP contribution in [0.4, 0.5) is 5.69 Å². The monoisotopic (exact) mass is 928 g/mol. The van der Waals surface area contributed by atoms with Gasteiger partial charge in [-0.2, -0.15) is 0 Å². The number of carbonyl (C=O) groups is 5. The van der Waals surface area contributed by atoms with E-state index in [2.05, 4.69) is 20.7 Å². The highest BCUT2D eigenvalue weighted by Gasteiger charge is 2.43. The molecule has 0 bridgehead atoms. The molecule has 3 rings (SSSR count). The third-order valence-corrected chi connectivity index (χ3v) is 13.9. The van der Waals surface area contributed by atoms with E-state index in [1.54, 1.807) is 79.3 Å².